The van der Waals surface area contributed by atoms with Crippen molar-refractivity contribution in [1.82, 2.24) is 10.2 Å². The van der Waals surface area contributed by atoms with Crippen molar-refractivity contribution in [3.05, 3.63) is 0 Å². The zero-order valence-electron chi connectivity index (χ0n) is 8.67. The number of amides is 2. The molecule has 0 aromatic carbocycles. The summed E-state index contributed by atoms with van der Waals surface area (Å²) < 4.78 is 0. The van der Waals surface area contributed by atoms with Gasteiger partial charge in [0.2, 0.25) is 0 Å². The highest BCUT2D eigenvalue weighted by Gasteiger charge is 2.25. The molecule has 0 aliphatic carbocycles. The lowest BCUT2D eigenvalue weighted by Gasteiger charge is -2.22. The van der Waals surface area contributed by atoms with Crippen molar-refractivity contribution >= 4 is 12.0 Å². The van der Waals surface area contributed by atoms with E-state index in [0.717, 1.165) is 4.90 Å². The number of nitrogens with zero attached hydrogens (tertiary/aromatic N) is 1. The molecule has 7 heteroatoms. The van der Waals surface area contributed by atoms with Crippen LogP contribution >= 0.6 is 0 Å². The van der Waals surface area contributed by atoms with Crippen molar-refractivity contribution in [2.24, 2.45) is 0 Å². The van der Waals surface area contributed by atoms with E-state index in [0.29, 0.717) is 0 Å². The first-order valence-electron chi connectivity index (χ1n) is 4.43. The number of carbonyl (C=O) groups is 2. The van der Waals surface area contributed by atoms with Gasteiger partial charge in [0.1, 0.15) is 0 Å². The van der Waals surface area contributed by atoms with Crippen molar-refractivity contribution in [2.45, 2.75) is 19.1 Å². The predicted molar refractivity (Wildman–Crippen MR) is 51.4 cm³/mol. The van der Waals surface area contributed by atoms with Crippen LogP contribution in [-0.2, 0) is 4.79 Å². The zero-order valence-corrected chi connectivity index (χ0v) is 8.67. The Bertz CT molecular complexity index is 231. The van der Waals surface area contributed by atoms with Crippen molar-refractivity contribution in [3.63, 3.8) is 0 Å². The molecule has 0 bridgehead atoms. The lowest BCUT2D eigenvalue weighted by Crippen LogP contribution is -2.51. The van der Waals surface area contributed by atoms with E-state index in [1.54, 1.807) is 0 Å². The van der Waals surface area contributed by atoms with Crippen LogP contribution in [0.4, 0.5) is 4.79 Å². The van der Waals surface area contributed by atoms with Crippen LogP contribution in [0.15, 0.2) is 0 Å². The third kappa shape index (κ3) is 4.61. The summed E-state index contributed by atoms with van der Waals surface area (Å²) in [7, 11) is 1.41. The Morgan fingerprint density at radius 2 is 2.00 bits per heavy atom. The quantitative estimate of drug-likeness (QED) is 0.448. The average Bonchev–Trinajstić information content (AvgIpc) is 2.12. The molecule has 15 heavy (non-hydrogen) atoms. The van der Waals surface area contributed by atoms with E-state index in [1.807, 2.05) is 0 Å². The molecule has 0 aliphatic rings. The van der Waals surface area contributed by atoms with Gasteiger partial charge in [0, 0.05) is 13.6 Å². The Kier molecular flexibility index (Phi) is 5.65. The monoisotopic (exact) mass is 220 g/mol. The first-order valence-corrected chi connectivity index (χ1v) is 4.43. The number of likely N-dealkylation sites (N-methyl/N-ethyl adjacent to an activating group) is 1. The molecule has 4 N–H and O–H groups in total. The first-order chi connectivity index (χ1) is 6.90. The third-order valence-corrected chi connectivity index (χ3v) is 1.81. The number of carboxylic acids is 1. The standard InChI is InChI=1S/C8H16N2O5/c1-5(12)6(7(13)14)9-8(15)10(2)3-4-11/h5-6,11-12H,3-4H2,1-2H3,(H,9,15)(H,13,14)/t5-,6+/m1/s1. The van der Waals surface area contributed by atoms with Crippen LogP contribution in [0.1, 0.15) is 6.92 Å². The molecule has 0 aromatic rings. The minimum atomic E-state index is -1.35. The summed E-state index contributed by atoms with van der Waals surface area (Å²) >= 11 is 0. The van der Waals surface area contributed by atoms with Crippen LogP contribution in [0.2, 0.25) is 0 Å². The van der Waals surface area contributed by atoms with Crippen molar-refractivity contribution in [2.75, 3.05) is 20.2 Å². The van der Waals surface area contributed by atoms with Gasteiger partial charge in [-0.05, 0) is 6.92 Å². The van der Waals surface area contributed by atoms with Gasteiger partial charge >= 0.3 is 12.0 Å². The van der Waals surface area contributed by atoms with E-state index in [4.69, 9.17) is 15.3 Å². The number of rotatable bonds is 5. The van der Waals surface area contributed by atoms with Gasteiger partial charge in [-0.2, -0.15) is 0 Å². The second-order valence-corrected chi connectivity index (χ2v) is 3.15. The highest BCUT2D eigenvalue weighted by atomic mass is 16.4. The van der Waals surface area contributed by atoms with Gasteiger partial charge in [0.15, 0.2) is 6.04 Å². The molecule has 2 amide bonds. The molecule has 0 spiro atoms. The summed E-state index contributed by atoms with van der Waals surface area (Å²) in [5.41, 5.74) is 0. The van der Waals surface area contributed by atoms with E-state index in [1.165, 1.54) is 14.0 Å². The molecule has 0 rings (SSSR count). The van der Waals surface area contributed by atoms with Gasteiger partial charge in [-0.25, -0.2) is 9.59 Å². The summed E-state index contributed by atoms with van der Waals surface area (Å²) in [6.45, 7) is 1.15. The normalized spacial score (nSPS) is 14.1. The fourth-order valence-corrected chi connectivity index (χ4v) is 0.883. The molecule has 2 atom stereocenters. The van der Waals surface area contributed by atoms with E-state index in [-0.39, 0.29) is 13.2 Å². The van der Waals surface area contributed by atoms with Gasteiger partial charge in [-0.15, -0.1) is 0 Å². The second kappa shape index (κ2) is 6.20. The summed E-state index contributed by atoms with van der Waals surface area (Å²) in [6.07, 6.45) is -1.19. The molecule has 88 valence electrons. The highest BCUT2D eigenvalue weighted by molar-refractivity contribution is 5.82. The van der Waals surface area contributed by atoms with Crippen LogP contribution in [0.5, 0.6) is 0 Å². The molecular weight excluding hydrogens is 204 g/mol. The number of aliphatic hydroxyl groups excluding tert-OH is 2. The first kappa shape index (κ1) is 13.7. The van der Waals surface area contributed by atoms with E-state index in [2.05, 4.69) is 5.32 Å². The number of nitrogens with one attached hydrogen (secondary N) is 1. The Hall–Kier alpha value is -1.34. The minimum Gasteiger partial charge on any atom is -0.480 e. The minimum absolute atomic E-state index is 0.0952. The number of hydrogen-bond donors (Lipinski definition) is 4. The third-order valence-electron chi connectivity index (χ3n) is 1.81. The fourth-order valence-electron chi connectivity index (χ4n) is 0.883. The van der Waals surface area contributed by atoms with Gasteiger partial charge < -0.3 is 25.5 Å². The van der Waals surface area contributed by atoms with Gasteiger partial charge in [0.25, 0.3) is 0 Å². The van der Waals surface area contributed by atoms with Gasteiger partial charge in [-0.1, -0.05) is 0 Å². The van der Waals surface area contributed by atoms with E-state index in [9.17, 15) is 9.59 Å². The molecule has 0 aromatic heterocycles. The van der Waals surface area contributed by atoms with Crippen LogP contribution in [-0.4, -0.2) is 64.6 Å². The fraction of sp³-hybridized carbons (Fsp3) is 0.750. The maximum absolute atomic E-state index is 11.3. The van der Waals surface area contributed by atoms with E-state index >= 15 is 0 Å². The summed E-state index contributed by atoms with van der Waals surface area (Å²) in [5.74, 6) is -1.31. The summed E-state index contributed by atoms with van der Waals surface area (Å²) in [5, 5.41) is 28.4. The van der Waals surface area contributed by atoms with Crippen LogP contribution in [0.3, 0.4) is 0 Å². The highest BCUT2D eigenvalue weighted by Crippen LogP contribution is 1.95. The maximum atomic E-state index is 11.3. The molecule has 0 aliphatic heterocycles. The molecule has 0 heterocycles. The average molecular weight is 220 g/mol. The summed E-state index contributed by atoms with van der Waals surface area (Å²) in [6, 6.07) is -2.00. The smallest absolute Gasteiger partial charge is 0.328 e. The maximum Gasteiger partial charge on any atom is 0.328 e. The van der Waals surface area contributed by atoms with Gasteiger partial charge in [0.05, 0.1) is 12.7 Å². The van der Waals surface area contributed by atoms with Crippen molar-refractivity contribution in [3.8, 4) is 0 Å². The molecule has 7 nitrogen and oxygen atoms in total. The molecule has 0 unspecified atom stereocenters. The van der Waals surface area contributed by atoms with Gasteiger partial charge in [-0.3, -0.25) is 0 Å². The number of carboxylic acid groups (broad SMARTS) is 1. The number of carbonyl (C=O) groups excluding carboxylic acids is 1. The lowest BCUT2D eigenvalue weighted by molar-refractivity contribution is -0.141. The predicted octanol–water partition coefficient (Wildman–Crippen LogP) is -1.55. The topological polar surface area (TPSA) is 110 Å². The Labute approximate surface area is 87.3 Å². The number of aliphatic carboxylic acids is 1. The van der Waals surface area contributed by atoms with Crippen LogP contribution in [0, 0.1) is 0 Å². The molecule has 0 fully saturated rings. The molecular formula is C8H16N2O5. The largest absolute Gasteiger partial charge is 0.480 e. The summed E-state index contributed by atoms with van der Waals surface area (Å²) in [4.78, 5) is 23.0. The number of hydrogen-bond acceptors (Lipinski definition) is 4. The Morgan fingerprint density at radius 1 is 1.47 bits per heavy atom. The zero-order chi connectivity index (χ0) is 12.0. The molecule has 0 saturated heterocycles. The van der Waals surface area contributed by atoms with Crippen LogP contribution < -0.4 is 5.32 Å². The van der Waals surface area contributed by atoms with Crippen molar-refractivity contribution in [1.29, 1.82) is 0 Å². The second-order valence-electron chi connectivity index (χ2n) is 3.15. The van der Waals surface area contributed by atoms with Crippen molar-refractivity contribution < 1.29 is 24.9 Å². The number of aliphatic hydroxyl groups is 2. The Balaban J connectivity index is 4.29. The Morgan fingerprint density at radius 3 is 2.33 bits per heavy atom. The van der Waals surface area contributed by atoms with E-state index < -0.39 is 24.1 Å². The SMILES string of the molecule is C[C@@H](O)[C@H](NC(=O)N(C)CCO)C(=O)O. The molecule has 0 radical (unpaired) electrons. The number of urea groups is 1. The lowest BCUT2D eigenvalue weighted by atomic mass is 10.2. The molecule has 0 saturated carbocycles. The van der Waals surface area contributed by atoms with Crippen LogP contribution in [0.25, 0.3) is 0 Å².